The van der Waals surface area contributed by atoms with E-state index in [0.717, 1.165) is 22.5 Å². The largest absolute Gasteiger partial charge is 0.488 e. The Bertz CT molecular complexity index is 1400. The lowest BCUT2D eigenvalue weighted by molar-refractivity contribution is -0.147. The quantitative estimate of drug-likeness (QED) is 0.347. The van der Waals surface area contributed by atoms with Crippen molar-refractivity contribution < 1.29 is 34.1 Å². The Morgan fingerprint density at radius 1 is 1.11 bits per heavy atom. The molecule has 37 heavy (non-hydrogen) atoms. The van der Waals surface area contributed by atoms with Crippen LogP contribution >= 0.6 is 11.3 Å². The maximum absolute atomic E-state index is 13.3. The number of aromatic carboxylic acids is 1. The summed E-state index contributed by atoms with van der Waals surface area (Å²) in [5, 5.41) is 24.1. The van der Waals surface area contributed by atoms with Crippen molar-refractivity contribution in [2.24, 2.45) is 0 Å². The van der Waals surface area contributed by atoms with Gasteiger partial charge in [-0.2, -0.15) is 0 Å². The van der Waals surface area contributed by atoms with Crippen molar-refractivity contribution >= 4 is 40.1 Å². The molecule has 10 nitrogen and oxygen atoms in total. The second-order valence-corrected chi connectivity index (χ2v) is 9.91. The molecule has 1 atom stereocenters. The predicted molar refractivity (Wildman–Crippen MR) is 134 cm³/mol. The van der Waals surface area contributed by atoms with Gasteiger partial charge in [-0.3, -0.25) is 9.59 Å². The normalized spacial score (nSPS) is 16.2. The van der Waals surface area contributed by atoms with E-state index in [4.69, 9.17) is 9.84 Å². The molecule has 0 aliphatic carbocycles. The fourth-order valence-corrected chi connectivity index (χ4v) is 5.85. The number of benzene rings is 2. The molecule has 190 valence electrons. The van der Waals surface area contributed by atoms with Gasteiger partial charge in [-0.1, -0.05) is 42.5 Å². The van der Waals surface area contributed by atoms with Crippen LogP contribution in [0.25, 0.3) is 0 Å². The van der Waals surface area contributed by atoms with Crippen molar-refractivity contribution in [3.63, 3.8) is 0 Å². The second kappa shape index (κ2) is 10.0. The highest BCUT2D eigenvalue weighted by Crippen LogP contribution is 2.37. The van der Waals surface area contributed by atoms with Gasteiger partial charge in [-0.05, 0) is 29.2 Å². The van der Waals surface area contributed by atoms with Gasteiger partial charge in [-0.25, -0.2) is 9.59 Å². The molecular formula is C26H23N3O7S. The summed E-state index contributed by atoms with van der Waals surface area (Å²) < 4.78 is 5.98. The molecule has 0 saturated heterocycles. The van der Waals surface area contributed by atoms with E-state index in [-0.39, 0.29) is 22.5 Å². The standard InChI is InChI=1S/C26H23N3O7S/c30-22(26(34)35)28-23-21(25(32)33)17-9-16(27-10-19(17)37-23)12-29-11-15-7-4-8-18(20(15)24(29)31)36-13-14-5-2-1-3-6-14/h1-8,16,27H,9-13H2,(H,28,30)(H,32,33)(H,34,35). The number of hydrogen-bond acceptors (Lipinski definition) is 7. The van der Waals surface area contributed by atoms with Crippen molar-refractivity contribution in [2.75, 3.05) is 11.9 Å². The van der Waals surface area contributed by atoms with Crippen LogP contribution in [0.3, 0.4) is 0 Å². The van der Waals surface area contributed by atoms with Gasteiger partial charge in [0, 0.05) is 30.6 Å². The molecule has 2 aliphatic rings. The molecular weight excluding hydrogens is 498 g/mol. The summed E-state index contributed by atoms with van der Waals surface area (Å²) in [6, 6.07) is 15.0. The van der Waals surface area contributed by atoms with Crippen molar-refractivity contribution in [1.82, 2.24) is 10.2 Å². The van der Waals surface area contributed by atoms with E-state index in [2.05, 4.69) is 10.6 Å². The van der Waals surface area contributed by atoms with Gasteiger partial charge in [0.1, 0.15) is 17.4 Å². The molecule has 3 heterocycles. The van der Waals surface area contributed by atoms with Crippen LogP contribution in [-0.4, -0.2) is 51.5 Å². The average molecular weight is 522 g/mol. The molecule has 4 N–H and O–H groups in total. The third kappa shape index (κ3) is 4.91. The topological polar surface area (TPSA) is 145 Å². The Morgan fingerprint density at radius 3 is 2.62 bits per heavy atom. The van der Waals surface area contributed by atoms with E-state index in [0.29, 0.717) is 54.4 Å². The summed E-state index contributed by atoms with van der Waals surface area (Å²) in [5.74, 6) is -3.86. The number of aliphatic carboxylic acids is 1. The second-order valence-electron chi connectivity index (χ2n) is 8.80. The third-order valence-electron chi connectivity index (χ3n) is 6.38. The number of carbonyl (C=O) groups is 4. The van der Waals surface area contributed by atoms with Crippen LogP contribution in [0.2, 0.25) is 0 Å². The zero-order valence-electron chi connectivity index (χ0n) is 19.5. The van der Waals surface area contributed by atoms with Gasteiger partial charge in [0.15, 0.2) is 0 Å². The average Bonchev–Trinajstić information content (AvgIpc) is 3.40. The monoisotopic (exact) mass is 521 g/mol. The highest BCUT2D eigenvalue weighted by molar-refractivity contribution is 7.17. The minimum absolute atomic E-state index is 0.00258. The number of nitrogens with zero attached hydrogens (tertiary/aromatic N) is 1. The molecule has 11 heteroatoms. The number of rotatable bonds is 7. The molecule has 2 amide bonds. The first-order valence-corrected chi connectivity index (χ1v) is 12.4. The SMILES string of the molecule is O=C(O)C(=O)Nc1sc2c(c1C(=O)O)CC(CN1Cc3cccc(OCc4ccccc4)c3C1=O)NC2. The van der Waals surface area contributed by atoms with E-state index >= 15 is 0 Å². The summed E-state index contributed by atoms with van der Waals surface area (Å²) in [6.45, 7) is 1.44. The molecule has 1 aromatic heterocycles. The number of anilines is 1. The van der Waals surface area contributed by atoms with Gasteiger partial charge in [0.25, 0.3) is 5.91 Å². The molecule has 0 radical (unpaired) electrons. The Balaban J connectivity index is 1.30. The Hall–Kier alpha value is -4.22. The number of nitrogens with one attached hydrogen (secondary N) is 2. The Morgan fingerprint density at radius 2 is 1.89 bits per heavy atom. The minimum atomic E-state index is -1.70. The van der Waals surface area contributed by atoms with Gasteiger partial charge < -0.3 is 30.5 Å². The summed E-state index contributed by atoms with van der Waals surface area (Å²) in [7, 11) is 0. The Labute approximate surface area is 215 Å². The summed E-state index contributed by atoms with van der Waals surface area (Å²) in [6.07, 6.45) is 0.313. The van der Waals surface area contributed by atoms with E-state index in [9.17, 15) is 24.3 Å². The zero-order chi connectivity index (χ0) is 26.1. The summed E-state index contributed by atoms with van der Waals surface area (Å²) >= 11 is 1.04. The number of carbonyl (C=O) groups excluding carboxylic acids is 2. The lowest BCUT2D eigenvalue weighted by Crippen LogP contribution is -2.44. The number of carboxylic acid groups (broad SMARTS) is 2. The lowest BCUT2D eigenvalue weighted by Gasteiger charge is -2.28. The van der Waals surface area contributed by atoms with Gasteiger partial charge in [-0.15, -0.1) is 11.3 Å². The zero-order valence-corrected chi connectivity index (χ0v) is 20.3. The van der Waals surface area contributed by atoms with Crippen molar-refractivity contribution in [3.8, 4) is 5.75 Å². The molecule has 2 aromatic carbocycles. The smallest absolute Gasteiger partial charge is 0.394 e. The molecule has 2 aliphatic heterocycles. The first kappa shape index (κ1) is 24.5. The van der Waals surface area contributed by atoms with Crippen molar-refractivity contribution in [2.45, 2.75) is 32.2 Å². The first-order chi connectivity index (χ1) is 17.8. The van der Waals surface area contributed by atoms with Crippen LogP contribution in [0.1, 0.15) is 42.3 Å². The summed E-state index contributed by atoms with van der Waals surface area (Å²) in [5.41, 5.74) is 2.84. The van der Waals surface area contributed by atoms with Crippen molar-refractivity contribution in [1.29, 1.82) is 0 Å². The van der Waals surface area contributed by atoms with E-state index in [1.807, 2.05) is 42.5 Å². The first-order valence-electron chi connectivity index (χ1n) is 11.5. The fourth-order valence-electron chi connectivity index (χ4n) is 4.68. The van der Waals surface area contributed by atoms with Gasteiger partial charge in [0.05, 0.1) is 11.1 Å². The van der Waals surface area contributed by atoms with Crippen LogP contribution in [0, 0.1) is 0 Å². The number of amides is 2. The maximum atomic E-state index is 13.3. The van der Waals surface area contributed by atoms with E-state index < -0.39 is 17.8 Å². The number of hydrogen-bond donors (Lipinski definition) is 4. The van der Waals surface area contributed by atoms with Gasteiger partial charge >= 0.3 is 17.8 Å². The van der Waals surface area contributed by atoms with Crippen LogP contribution in [0.4, 0.5) is 5.00 Å². The summed E-state index contributed by atoms with van der Waals surface area (Å²) in [4.78, 5) is 50.3. The van der Waals surface area contributed by atoms with E-state index in [1.54, 1.807) is 11.0 Å². The highest BCUT2D eigenvalue weighted by Gasteiger charge is 2.35. The highest BCUT2D eigenvalue weighted by atomic mass is 32.1. The third-order valence-corrected chi connectivity index (χ3v) is 7.53. The number of fused-ring (bicyclic) bond motifs is 2. The lowest BCUT2D eigenvalue weighted by atomic mass is 9.97. The van der Waals surface area contributed by atoms with Gasteiger partial charge in [0.2, 0.25) is 0 Å². The minimum Gasteiger partial charge on any atom is -0.488 e. The van der Waals surface area contributed by atoms with Crippen molar-refractivity contribution in [3.05, 3.63) is 81.2 Å². The predicted octanol–water partition coefficient (Wildman–Crippen LogP) is 2.72. The molecule has 0 spiro atoms. The molecule has 3 aromatic rings. The van der Waals surface area contributed by atoms with Crippen LogP contribution in [-0.2, 0) is 35.7 Å². The Kier molecular flexibility index (Phi) is 6.64. The molecule has 0 saturated carbocycles. The molecule has 0 bridgehead atoms. The fraction of sp³-hybridized carbons (Fsp3) is 0.231. The van der Waals surface area contributed by atoms with Crippen LogP contribution in [0.15, 0.2) is 48.5 Å². The van der Waals surface area contributed by atoms with Crippen LogP contribution < -0.4 is 15.4 Å². The number of thiophene rings is 1. The molecule has 1 unspecified atom stereocenters. The maximum Gasteiger partial charge on any atom is 0.394 e. The van der Waals surface area contributed by atoms with Crippen LogP contribution in [0.5, 0.6) is 5.75 Å². The van der Waals surface area contributed by atoms with E-state index in [1.165, 1.54) is 0 Å². The number of carboxylic acids is 2. The molecule has 5 rings (SSSR count). The molecule has 0 fully saturated rings. The number of ether oxygens (including phenoxy) is 1.